The molecule has 1 saturated carbocycles. The van der Waals surface area contributed by atoms with Crippen molar-refractivity contribution in [2.75, 3.05) is 26.8 Å². The lowest BCUT2D eigenvalue weighted by Crippen LogP contribution is -2.55. The number of ether oxygens (including phenoxy) is 3. The largest absolute Gasteiger partial charge is 0.486 e. The summed E-state index contributed by atoms with van der Waals surface area (Å²) in [5.41, 5.74) is -1.62. The van der Waals surface area contributed by atoms with Crippen LogP contribution in [-0.2, 0) is 28.4 Å². The third-order valence-corrected chi connectivity index (χ3v) is 7.92. The second kappa shape index (κ2) is 10.2. The number of benzene rings is 2. The zero-order valence-electron chi connectivity index (χ0n) is 21.4. The maximum absolute atomic E-state index is 13.5. The molecule has 2 heterocycles. The van der Waals surface area contributed by atoms with E-state index in [0.29, 0.717) is 48.7 Å². The van der Waals surface area contributed by atoms with E-state index in [4.69, 9.17) is 14.2 Å². The molecule has 3 aliphatic rings. The number of alkyl halides is 6. The van der Waals surface area contributed by atoms with E-state index < -0.39 is 29.0 Å². The normalized spacial score (nSPS) is 21.7. The Labute approximate surface area is 222 Å². The molecule has 212 valence electrons. The summed E-state index contributed by atoms with van der Waals surface area (Å²) in [6, 6.07) is 7.18. The Morgan fingerprint density at radius 3 is 2.36 bits per heavy atom. The third kappa shape index (κ3) is 5.83. The topological polar surface area (TPSA) is 48.0 Å². The van der Waals surface area contributed by atoms with Crippen molar-refractivity contribution in [1.82, 2.24) is 4.90 Å². The quantitative estimate of drug-likeness (QED) is 0.296. The second-order valence-electron chi connectivity index (χ2n) is 10.7. The molecule has 0 aromatic heterocycles. The molecule has 0 amide bonds. The van der Waals surface area contributed by atoms with Crippen molar-refractivity contribution >= 4 is 5.97 Å². The van der Waals surface area contributed by atoms with E-state index in [2.05, 4.69) is 0 Å². The average Bonchev–Trinajstić information content (AvgIpc) is 3.69. The molecule has 0 spiro atoms. The smallest absolute Gasteiger partial charge is 0.416 e. The lowest BCUT2D eigenvalue weighted by atomic mass is 9.83. The summed E-state index contributed by atoms with van der Waals surface area (Å²) in [6.07, 6.45) is -7.78. The molecule has 39 heavy (non-hydrogen) atoms. The van der Waals surface area contributed by atoms with Crippen LogP contribution in [0.3, 0.4) is 0 Å². The zero-order chi connectivity index (χ0) is 28.1. The molecule has 3 atom stereocenters. The number of carbonyl (C=O) groups is 1. The van der Waals surface area contributed by atoms with Gasteiger partial charge in [-0.3, -0.25) is 9.69 Å². The number of halogens is 6. The predicted octanol–water partition coefficient (Wildman–Crippen LogP) is 6.30. The van der Waals surface area contributed by atoms with Crippen LogP contribution in [0.4, 0.5) is 26.3 Å². The SMILES string of the molecule is COC(=O)[C@@H](C)[C@H](c1ccc2c(c1)OC(C1CN(Cc3cc(C(F)(F)F)ccc3C(F)(F)F)C1)CO2)C1CC1. The van der Waals surface area contributed by atoms with Crippen LogP contribution in [0.25, 0.3) is 0 Å². The minimum Gasteiger partial charge on any atom is -0.486 e. The Morgan fingerprint density at radius 2 is 1.74 bits per heavy atom. The number of hydrogen-bond donors (Lipinski definition) is 0. The summed E-state index contributed by atoms with van der Waals surface area (Å²) >= 11 is 0. The molecule has 5 nitrogen and oxygen atoms in total. The van der Waals surface area contributed by atoms with Gasteiger partial charge in [-0.05, 0) is 66.1 Å². The van der Waals surface area contributed by atoms with Crippen molar-refractivity contribution in [3.63, 3.8) is 0 Å². The fourth-order valence-electron chi connectivity index (χ4n) is 5.69. The molecule has 2 aromatic rings. The highest BCUT2D eigenvalue weighted by molar-refractivity contribution is 5.73. The van der Waals surface area contributed by atoms with Gasteiger partial charge in [0.2, 0.25) is 0 Å². The van der Waals surface area contributed by atoms with Gasteiger partial charge in [0.05, 0.1) is 24.2 Å². The van der Waals surface area contributed by atoms with Crippen LogP contribution in [-0.4, -0.2) is 43.8 Å². The molecule has 2 fully saturated rings. The second-order valence-corrected chi connectivity index (χ2v) is 10.7. The summed E-state index contributed by atoms with van der Waals surface area (Å²) < 4.78 is 96.9. The lowest BCUT2D eigenvalue weighted by molar-refractivity contribution is -0.146. The van der Waals surface area contributed by atoms with Crippen LogP contribution in [0.1, 0.15) is 47.9 Å². The van der Waals surface area contributed by atoms with E-state index in [0.717, 1.165) is 18.4 Å². The summed E-state index contributed by atoms with van der Waals surface area (Å²) in [5, 5.41) is 0. The van der Waals surface area contributed by atoms with Gasteiger partial charge in [0.15, 0.2) is 11.5 Å². The first-order valence-corrected chi connectivity index (χ1v) is 12.9. The molecule has 1 aliphatic carbocycles. The van der Waals surface area contributed by atoms with Crippen LogP contribution < -0.4 is 9.47 Å². The van der Waals surface area contributed by atoms with Crippen molar-refractivity contribution in [2.24, 2.45) is 17.8 Å². The Hall–Kier alpha value is -2.95. The number of likely N-dealkylation sites (tertiary alicyclic amines) is 1. The first-order valence-electron chi connectivity index (χ1n) is 12.9. The molecule has 0 N–H and O–H groups in total. The molecule has 2 aliphatic heterocycles. The van der Waals surface area contributed by atoms with Gasteiger partial charge in [-0.1, -0.05) is 13.0 Å². The monoisotopic (exact) mass is 557 g/mol. The Kier molecular flexibility index (Phi) is 7.24. The van der Waals surface area contributed by atoms with E-state index >= 15 is 0 Å². The molecular formula is C28H29F6NO4. The van der Waals surface area contributed by atoms with Gasteiger partial charge in [0.25, 0.3) is 0 Å². The van der Waals surface area contributed by atoms with Crippen molar-refractivity contribution < 1.29 is 45.3 Å². The molecule has 2 aromatic carbocycles. The first-order chi connectivity index (χ1) is 18.3. The van der Waals surface area contributed by atoms with Crippen molar-refractivity contribution in [3.05, 3.63) is 58.7 Å². The minimum absolute atomic E-state index is 0.0128. The lowest BCUT2D eigenvalue weighted by Gasteiger charge is -2.44. The van der Waals surface area contributed by atoms with Crippen LogP contribution in [0.15, 0.2) is 36.4 Å². The van der Waals surface area contributed by atoms with Gasteiger partial charge >= 0.3 is 18.3 Å². The highest BCUT2D eigenvalue weighted by atomic mass is 19.4. The predicted molar refractivity (Wildman–Crippen MR) is 128 cm³/mol. The van der Waals surface area contributed by atoms with Crippen LogP contribution in [0.2, 0.25) is 0 Å². The van der Waals surface area contributed by atoms with E-state index in [-0.39, 0.29) is 43.0 Å². The van der Waals surface area contributed by atoms with Crippen LogP contribution in [0, 0.1) is 17.8 Å². The molecule has 1 saturated heterocycles. The number of methoxy groups -OCH3 is 1. The number of carbonyl (C=O) groups excluding carboxylic acids is 1. The number of rotatable bonds is 7. The van der Waals surface area contributed by atoms with Gasteiger partial charge in [-0.25, -0.2) is 0 Å². The van der Waals surface area contributed by atoms with Crippen molar-refractivity contribution in [1.29, 1.82) is 0 Å². The Morgan fingerprint density at radius 1 is 1.03 bits per heavy atom. The number of hydrogen-bond acceptors (Lipinski definition) is 5. The standard InChI is InChI=1S/C28H29F6NO4/c1-15(26(36)37-2)25(16-3-4-16)17-5-8-22-23(10-17)39-24(14-38-22)19-12-35(13-19)11-18-9-20(27(29,30)31)6-7-21(18)28(32,33)34/h5-10,15-16,19,24-25H,3-4,11-14H2,1-2H3/t15-,24?,25-/m0/s1. The fourth-order valence-corrected chi connectivity index (χ4v) is 5.69. The molecular weight excluding hydrogens is 528 g/mol. The maximum Gasteiger partial charge on any atom is 0.416 e. The number of nitrogens with zero attached hydrogens (tertiary/aromatic N) is 1. The Balaban J connectivity index is 1.26. The minimum atomic E-state index is -4.75. The molecule has 0 bridgehead atoms. The van der Waals surface area contributed by atoms with Gasteiger partial charge < -0.3 is 14.2 Å². The Bertz CT molecular complexity index is 1220. The van der Waals surface area contributed by atoms with E-state index in [9.17, 15) is 31.1 Å². The molecule has 1 unspecified atom stereocenters. The maximum atomic E-state index is 13.5. The van der Waals surface area contributed by atoms with Crippen LogP contribution in [0.5, 0.6) is 11.5 Å². The van der Waals surface area contributed by atoms with Gasteiger partial charge in [0.1, 0.15) is 12.7 Å². The third-order valence-electron chi connectivity index (χ3n) is 7.92. The highest BCUT2D eigenvalue weighted by Gasteiger charge is 2.42. The first kappa shape index (κ1) is 27.6. The van der Waals surface area contributed by atoms with Crippen molar-refractivity contribution in [3.8, 4) is 11.5 Å². The van der Waals surface area contributed by atoms with Crippen LogP contribution >= 0.6 is 0 Å². The summed E-state index contributed by atoms with van der Waals surface area (Å²) in [4.78, 5) is 13.9. The van der Waals surface area contributed by atoms with Crippen molar-refractivity contribution in [2.45, 2.75) is 50.7 Å². The number of fused-ring (bicyclic) bond motifs is 1. The molecule has 11 heteroatoms. The highest BCUT2D eigenvalue weighted by Crippen LogP contribution is 2.49. The van der Waals surface area contributed by atoms with Gasteiger partial charge in [-0.15, -0.1) is 0 Å². The zero-order valence-corrected chi connectivity index (χ0v) is 21.4. The average molecular weight is 558 g/mol. The fraction of sp³-hybridized carbons (Fsp3) is 0.536. The van der Waals surface area contributed by atoms with Gasteiger partial charge in [0, 0.05) is 25.6 Å². The van der Waals surface area contributed by atoms with E-state index in [1.807, 2.05) is 25.1 Å². The molecule has 0 radical (unpaired) electrons. The summed E-state index contributed by atoms with van der Waals surface area (Å²) in [7, 11) is 1.37. The van der Waals surface area contributed by atoms with Gasteiger partial charge in [-0.2, -0.15) is 26.3 Å². The number of esters is 1. The summed E-state index contributed by atoms with van der Waals surface area (Å²) in [6.45, 7) is 2.58. The van der Waals surface area contributed by atoms with E-state index in [1.165, 1.54) is 7.11 Å². The molecule has 5 rings (SSSR count). The van der Waals surface area contributed by atoms with E-state index in [1.54, 1.807) is 4.90 Å². The summed E-state index contributed by atoms with van der Waals surface area (Å²) in [5.74, 6) is 0.834.